The molecule has 0 radical (unpaired) electrons. The molecule has 1 saturated heterocycles. The van der Waals surface area contributed by atoms with E-state index in [0.29, 0.717) is 12.8 Å². The van der Waals surface area contributed by atoms with Crippen molar-refractivity contribution in [2.75, 3.05) is 7.11 Å². The van der Waals surface area contributed by atoms with Crippen LogP contribution in [-0.2, 0) is 16.0 Å². The van der Waals surface area contributed by atoms with Crippen LogP contribution in [0.4, 0.5) is 4.79 Å². The third-order valence-electron chi connectivity index (χ3n) is 3.22. The third kappa shape index (κ3) is 3.34. The minimum Gasteiger partial charge on any atom is -0.497 e. The number of benzene rings is 1. The number of ether oxygens (including phenoxy) is 1. The zero-order chi connectivity index (χ0) is 14.5. The van der Waals surface area contributed by atoms with E-state index in [1.54, 1.807) is 7.11 Å². The molecule has 1 aliphatic heterocycles. The van der Waals surface area contributed by atoms with Crippen LogP contribution < -0.4 is 15.4 Å². The van der Waals surface area contributed by atoms with E-state index in [9.17, 15) is 14.4 Å². The maximum atomic E-state index is 11.5. The Kier molecular flexibility index (Phi) is 4.34. The summed E-state index contributed by atoms with van der Waals surface area (Å²) in [5.41, 5.74) is 1.11. The van der Waals surface area contributed by atoms with Crippen LogP contribution in [0.15, 0.2) is 24.3 Å². The Labute approximate surface area is 116 Å². The number of amides is 4. The van der Waals surface area contributed by atoms with Crippen LogP contribution in [-0.4, -0.2) is 25.0 Å². The van der Waals surface area contributed by atoms with E-state index in [1.807, 2.05) is 24.3 Å². The Bertz CT molecular complexity index is 504. The van der Waals surface area contributed by atoms with E-state index in [2.05, 4.69) is 10.6 Å². The van der Waals surface area contributed by atoms with Gasteiger partial charge in [0, 0.05) is 0 Å². The minimum atomic E-state index is -0.786. The van der Waals surface area contributed by atoms with Crippen LogP contribution >= 0.6 is 0 Å². The Hall–Kier alpha value is -2.37. The monoisotopic (exact) mass is 276 g/mol. The number of urea groups is 1. The van der Waals surface area contributed by atoms with Gasteiger partial charge in [-0.05, 0) is 37.0 Å². The highest BCUT2D eigenvalue weighted by atomic mass is 16.5. The summed E-state index contributed by atoms with van der Waals surface area (Å²) in [6.07, 6.45) is 1.86. The molecule has 1 aliphatic rings. The Balaban J connectivity index is 1.84. The zero-order valence-corrected chi connectivity index (χ0v) is 11.1. The number of hydrogen-bond donors (Lipinski definition) is 2. The van der Waals surface area contributed by atoms with Gasteiger partial charge in [-0.3, -0.25) is 20.2 Å². The first-order chi connectivity index (χ1) is 9.60. The lowest BCUT2D eigenvalue weighted by Crippen LogP contribution is -2.55. The summed E-state index contributed by atoms with van der Waals surface area (Å²) < 4.78 is 5.07. The third-order valence-corrected chi connectivity index (χ3v) is 3.22. The number of barbiturate groups is 1. The normalized spacial score (nSPS) is 15.8. The fourth-order valence-electron chi connectivity index (χ4n) is 2.11. The van der Waals surface area contributed by atoms with Gasteiger partial charge >= 0.3 is 6.03 Å². The van der Waals surface area contributed by atoms with E-state index >= 15 is 0 Å². The lowest BCUT2D eigenvalue weighted by atomic mass is 9.97. The molecule has 0 bridgehead atoms. The van der Waals surface area contributed by atoms with Crippen LogP contribution in [0, 0.1) is 5.92 Å². The topological polar surface area (TPSA) is 84.5 Å². The maximum Gasteiger partial charge on any atom is 0.328 e. The van der Waals surface area contributed by atoms with Gasteiger partial charge in [0.1, 0.15) is 11.7 Å². The molecule has 0 unspecified atom stereocenters. The van der Waals surface area contributed by atoms with E-state index in [0.717, 1.165) is 17.7 Å². The molecule has 106 valence electrons. The second-order valence-corrected chi connectivity index (χ2v) is 4.60. The largest absolute Gasteiger partial charge is 0.497 e. The SMILES string of the molecule is COc1ccc(CCCC2C(=O)NC(=O)NC2=O)cc1. The zero-order valence-electron chi connectivity index (χ0n) is 11.1. The molecule has 6 nitrogen and oxygen atoms in total. The molecule has 1 aromatic carbocycles. The highest BCUT2D eigenvalue weighted by Crippen LogP contribution is 2.16. The van der Waals surface area contributed by atoms with Crippen LogP contribution in [0.3, 0.4) is 0 Å². The molecule has 0 spiro atoms. The van der Waals surface area contributed by atoms with Gasteiger partial charge in [-0.1, -0.05) is 12.1 Å². The molecule has 0 atom stereocenters. The fourth-order valence-corrected chi connectivity index (χ4v) is 2.11. The molecule has 1 fully saturated rings. The first-order valence-electron chi connectivity index (χ1n) is 6.39. The summed E-state index contributed by atoms with van der Waals surface area (Å²) in [6, 6.07) is 6.89. The average molecular weight is 276 g/mol. The Morgan fingerprint density at radius 3 is 2.20 bits per heavy atom. The van der Waals surface area contributed by atoms with E-state index < -0.39 is 23.8 Å². The molecule has 20 heavy (non-hydrogen) atoms. The van der Waals surface area contributed by atoms with Crippen molar-refractivity contribution in [3.63, 3.8) is 0 Å². The first kappa shape index (κ1) is 14.0. The van der Waals surface area contributed by atoms with Crippen LogP contribution in [0.5, 0.6) is 5.75 Å². The fraction of sp³-hybridized carbons (Fsp3) is 0.357. The molecule has 1 aromatic rings. The molecule has 2 rings (SSSR count). The Morgan fingerprint density at radius 2 is 1.65 bits per heavy atom. The van der Waals surface area contributed by atoms with Crippen molar-refractivity contribution in [3.05, 3.63) is 29.8 Å². The molecule has 0 aromatic heterocycles. The smallest absolute Gasteiger partial charge is 0.328 e. The van der Waals surface area contributed by atoms with E-state index in [-0.39, 0.29) is 0 Å². The second-order valence-electron chi connectivity index (χ2n) is 4.60. The molecule has 6 heteroatoms. The number of methoxy groups -OCH3 is 1. The Morgan fingerprint density at radius 1 is 1.05 bits per heavy atom. The van der Waals surface area contributed by atoms with Crippen molar-refractivity contribution in [2.45, 2.75) is 19.3 Å². The van der Waals surface area contributed by atoms with Gasteiger partial charge < -0.3 is 4.74 Å². The quantitative estimate of drug-likeness (QED) is 0.786. The van der Waals surface area contributed by atoms with Gasteiger partial charge in [-0.15, -0.1) is 0 Å². The number of imide groups is 2. The van der Waals surface area contributed by atoms with Gasteiger partial charge in [0.2, 0.25) is 11.8 Å². The highest BCUT2D eigenvalue weighted by molar-refractivity contribution is 6.16. The predicted octanol–water partition coefficient (Wildman–Crippen LogP) is 1.00. The van der Waals surface area contributed by atoms with E-state index in [4.69, 9.17) is 4.74 Å². The molecular weight excluding hydrogens is 260 g/mol. The maximum absolute atomic E-state index is 11.5. The van der Waals surface area contributed by atoms with Gasteiger partial charge in [0.15, 0.2) is 0 Å². The van der Waals surface area contributed by atoms with Gasteiger partial charge in [-0.2, -0.15) is 0 Å². The predicted molar refractivity (Wildman–Crippen MR) is 71.1 cm³/mol. The van der Waals surface area contributed by atoms with E-state index in [1.165, 1.54) is 0 Å². The lowest BCUT2D eigenvalue weighted by Gasteiger charge is -2.20. The number of hydrogen-bond acceptors (Lipinski definition) is 4. The van der Waals surface area contributed by atoms with Crippen LogP contribution in [0.2, 0.25) is 0 Å². The van der Waals surface area contributed by atoms with Crippen molar-refractivity contribution >= 4 is 17.8 Å². The van der Waals surface area contributed by atoms with Crippen molar-refractivity contribution in [1.29, 1.82) is 0 Å². The van der Waals surface area contributed by atoms with Crippen LogP contribution in [0.1, 0.15) is 18.4 Å². The molecule has 0 aliphatic carbocycles. The van der Waals surface area contributed by atoms with Crippen molar-refractivity contribution < 1.29 is 19.1 Å². The standard InChI is InChI=1S/C14H16N2O4/c1-20-10-7-5-9(6-8-10)3-2-4-11-12(17)15-14(19)16-13(11)18/h5-8,11H,2-4H2,1H3,(H2,15,16,17,18,19). The summed E-state index contributed by atoms with van der Waals surface area (Å²) in [5, 5.41) is 4.19. The molecular formula is C14H16N2O4. The minimum absolute atomic E-state index is 0.414. The number of nitrogens with one attached hydrogen (secondary N) is 2. The van der Waals surface area contributed by atoms with Crippen molar-refractivity contribution in [3.8, 4) is 5.75 Å². The van der Waals surface area contributed by atoms with Crippen molar-refractivity contribution in [2.24, 2.45) is 5.92 Å². The summed E-state index contributed by atoms with van der Waals surface area (Å²) in [7, 11) is 1.61. The van der Waals surface area contributed by atoms with Gasteiger partial charge in [0.05, 0.1) is 7.11 Å². The molecule has 0 saturated carbocycles. The number of carbonyl (C=O) groups excluding carboxylic acids is 3. The summed E-state index contributed by atoms with van der Waals surface area (Å²) >= 11 is 0. The van der Waals surface area contributed by atoms with Gasteiger partial charge in [0.25, 0.3) is 0 Å². The average Bonchev–Trinajstić information content (AvgIpc) is 2.42. The summed E-state index contributed by atoms with van der Waals surface area (Å²) in [4.78, 5) is 34.0. The molecule has 1 heterocycles. The number of aryl methyl sites for hydroxylation is 1. The number of rotatable bonds is 5. The first-order valence-corrected chi connectivity index (χ1v) is 6.39. The van der Waals surface area contributed by atoms with Crippen LogP contribution in [0.25, 0.3) is 0 Å². The second kappa shape index (κ2) is 6.18. The lowest BCUT2D eigenvalue weighted by molar-refractivity contribution is -0.136. The molecule has 4 amide bonds. The van der Waals surface area contributed by atoms with Gasteiger partial charge in [-0.25, -0.2) is 4.79 Å². The number of carbonyl (C=O) groups is 3. The molecule has 2 N–H and O–H groups in total. The summed E-state index contributed by atoms with van der Waals surface area (Å²) in [5.74, 6) is -1.04. The summed E-state index contributed by atoms with van der Waals surface area (Å²) in [6.45, 7) is 0. The van der Waals surface area contributed by atoms with Crippen molar-refractivity contribution in [1.82, 2.24) is 10.6 Å². The highest BCUT2D eigenvalue weighted by Gasteiger charge is 2.33.